The maximum atomic E-state index is 13.2. The molecule has 1 aromatic heterocycles. The largest absolute Gasteiger partial charge is 0.339 e. The summed E-state index contributed by atoms with van der Waals surface area (Å²) >= 11 is 5.59. The molecule has 2 N–H and O–H groups in total. The predicted molar refractivity (Wildman–Crippen MR) is 71.2 cm³/mol. The van der Waals surface area contributed by atoms with E-state index in [1.165, 1.54) is 19.1 Å². The number of nitrogens with zero attached hydrogens (tertiary/aromatic N) is 2. The fourth-order valence-corrected chi connectivity index (χ4v) is 2.47. The minimum absolute atomic E-state index is 0.230. The summed E-state index contributed by atoms with van der Waals surface area (Å²) < 4.78 is 57.2. The molecule has 0 atom stereocenters. The molecule has 0 fully saturated rings. The molecule has 2 aromatic rings. The van der Waals surface area contributed by atoms with Crippen LogP contribution in [0.15, 0.2) is 23.1 Å². The van der Waals surface area contributed by atoms with Crippen LogP contribution in [0.25, 0.3) is 0 Å². The molecule has 0 saturated carbocycles. The van der Waals surface area contributed by atoms with Crippen molar-refractivity contribution in [1.29, 1.82) is 0 Å². The maximum Gasteiger partial charge on any atom is 0.313 e. The summed E-state index contributed by atoms with van der Waals surface area (Å²) in [5.41, 5.74) is 0.507. The SMILES string of the molecule is Cc1cc(Nc2nc(F)nc(F)c2Cl)ccc1S(=O)(=O)O. The van der Waals surface area contributed by atoms with Crippen LogP contribution in [-0.2, 0) is 10.1 Å². The first-order valence-corrected chi connectivity index (χ1v) is 7.24. The van der Waals surface area contributed by atoms with Crippen LogP contribution in [0.3, 0.4) is 0 Å². The van der Waals surface area contributed by atoms with Crippen LogP contribution in [0.2, 0.25) is 5.02 Å². The topological polar surface area (TPSA) is 92.2 Å². The molecule has 10 heteroatoms. The van der Waals surface area contributed by atoms with Crippen molar-refractivity contribution in [3.63, 3.8) is 0 Å². The highest BCUT2D eigenvalue weighted by Gasteiger charge is 2.15. The fourth-order valence-electron chi connectivity index (χ4n) is 1.63. The predicted octanol–water partition coefficient (Wildman–Crippen LogP) is 2.71. The Morgan fingerprint density at radius 3 is 2.52 bits per heavy atom. The van der Waals surface area contributed by atoms with Crippen LogP contribution in [0.4, 0.5) is 20.3 Å². The molecule has 0 aliphatic heterocycles. The van der Waals surface area contributed by atoms with E-state index in [0.29, 0.717) is 0 Å². The summed E-state index contributed by atoms with van der Waals surface area (Å²) in [6, 6.07) is 3.76. The lowest BCUT2D eigenvalue weighted by molar-refractivity contribution is 0.482. The Bertz CT molecular complexity index is 815. The summed E-state index contributed by atoms with van der Waals surface area (Å²) in [7, 11) is -4.34. The van der Waals surface area contributed by atoms with Crippen LogP contribution in [0.1, 0.15) is 5.56 Å². The summed E-state index contributed by atoms with van der Waals surface area (Å²) in [4.78, 5) is 5.83. The van der Waals surface area contributed by atoms with E-state index in [4.69, 9.17) is 16.2 Å². The van der Waals surface area contributed by atoms with Gasteiger partial charge in [-0.15, -0.1) is 0 Å². The monoisotopic (exact) mass is 335 g/mol. The Hall–Kier alpha value is -1.84. The van der Waals surface area contributed by atoms with E-state index in [2.05, 4.69) is 15.3 Å². The minimum Gasteiger partial charge on any atom is -0.339 e. The maximum absolute atomic E-state index is 13.2. The number of aryl methyl sites for hydroxylation is 1. The number of rotatable bonds is 3. The van der Waals surface area contributed by atoms with Crippen molar-refractivity contribution < 1.29 is 21.8 Å². The van der Waals surface area contributed by atoms with Crippen molar-refractivity contribution in [2.45, 2.75) is 11.8 Å². The summed E-state index contributed by atoms with van der Waals surface area (Å²) in [6.07, 6.45) is -1.30. The lowest BCUT2D eigenvalue weighted by Gasteiger charge is -2.10. The lowest BCUT2D eigenvalue weighted by atomic mass is 10.2. The highest BCUT2D eigenvalue weighted by molar-refractivity contribution is 7.85. The standard InChI is InChI=1S/C11H8ClF2N3O3S/c1-5-4-6(2-3-7(5)21(18,19)20)15-10-8(12)9(13)16-11(14)17-10/h2-4H,1H3,(H,15,16,17)(H,18,19,20). The molecule has 0 saturated heterocycles. The number of hydrogen-bond acceptors (Lipinski definition) is 5. The highest BCUT2D eigenvalue weighted by Crippen LogP contribution is 2.27. The fraction of sp³-hybridized carbons (Fsp3) is 0.0909. The molecule has 2 rings (SSSR count). The zero-order valence-corrected chi connectivity index (χ0v) is 12.0. The molecule has 0 bridgehead atoms. The zero-order chi connectivity index (χ0) is 15.8. The average molecular weight is 336 g/mol. The van der Waals surface area contributed by atoms with E-state index in [-0.39, 0.29) is 22.0 Å². The van der Waals surface area contributed by atoms with Crippen molar-refractivity contribution in [2.75, 3.05) is 5.32 Å². The second-order valence-electron chi connectivity index (χ2n) is 4.03. The average Bonchev–Trinajstić information content (AvgIpc) is 2.33. The molecule has 1 heterocycles. The van der Waals surface area contributed by atoms with Gasteiger partial charge < -0.3 is 5.32 Å². The van der Waals surface area contributed by atoms with E-state index in [0.717, 1.165) is 6.07 Å². The van der Waals surface area contributed by atoms with Gasteiger partial charge in [-0.05, 0) is 30.7 Å². The molecule has 6 nitrogen and oxygen atoms in total. The first kappa shape index (κ1) is 15.5. The van der Waals surface area contributed by atoms with E-state index < -0.39 is 27.2 Å². The van der Waals surface area contributed by atoms with Gasteiger partial charge in [0.15, 0.2) is 5.82 Å². The van der Waals surface area contributed by atoms with E-state index >= 15 is 0 Å². The summed E-state index contributed by atoms with van der Waals surface area (Å²) in [6.45, 7) is 1.44. The van der Waals surface area contributed by atoms with Gasteiger partial charge >= 0.3 is 6.08 Å². The van der Waals surface area contributed by atoms with Gasteiger partial charge in [0, 0.05) is 5.69 Å². The zero-order valence-electron chi connectivity index (χ0n) is 10.4. The molecule has 0 spiro atoms. The quantitative estimate of drug-likeness (QED) is 0.509. The molecular weight excluding hydrogens is 328 g/mol. The number of halogens is 3. The number of aromatic nitrogens is 2. The Morgan fingerprint density at radius 2 is 1.95 bits per heavy atom. The van der Waals surface area contributed by atoms with E-state index in [1.807, 2.05) is 0 Å². The van der Waals surface area contributed by atoms with Gasteiger partial charge in [0.1, 0.15) is 5.02 Å². The third-order valence-electron chi connectivity index (χ3n) is 2.50. The number of anilines is 2. The van der Waals surface area contributed by atoms with Gasteiger partial charge in [-0.25, -0.2) is 0 Å². The van der Waals surface area contributed by atoms with Crippen LogP contribution >= 0.6 is 11.6 Å². The molecule has 0 unspecified atom stereocenters. The van der Waals surface area contributed by atoms with Gasteiger partial charge in [0.25, 0.3) is 10.1 Å². The van der Waals surface area contributed by atoms with Crippen molar-refractivity contribution in [1.82, 2.24) is 9.97 Å². The molecule has 0 amide bonds. The van der Waals surface area contributed by atoms with Crippen LogP contribution in [-0.4, -0.2) is 22.9 Å². The Morgan fingerprint density at radius 1 is 1.29 bits per heavy atom. The molecule has 0 aliphatic rings. The van der Waals surface area contributed by atoms with Crippen LogP contribution in [0, 0.1) is 18.9 Å². The Kier molecular flexibility index (Phi) is 4.08. The van der Waals surface area contributed by atoms with Crippen molar-refractivity contribution in [2.24, 2.45) is 0 Å². The Balaban J connectivity index is 2.40. The molecule has 0 radical (unpaired) electrons. The van der Waals surface area contributed by atoms with E-state index in [1.54, 1.807) is 0 Å². The van der Waals surface area contributed by atoms with Crippen LogP contribution < -0.4 is 5.32 Å². The first-order chi connectivity index (χ1) is 9.68. The lowest BCUT2D eigenvalue weighted by Crippen LogP contribution is -2.04. The van der Waals surface area contributed by atoms with Gasteiger partial charge in [0.05, 0.1) is 4.90 Å². The van der Waals surface area contributed by atoms with E-state index in [9.17, 15) is 17.2 Å². The summed E-state index contributed by atoms with van der Waals surface area (Å²) in [5, 5.41) is 2.03. The van der Waals surface area contributed by atoms with Crippen molar-refractivity contribution in [3.8, 4) is 0 Å². The smallest absolute Gasteiger partial charge is 0.313 e. The molecule has 1 aromatic carbocycles. The number of benzene rings is 1. The molecule has 0 aliphatic carbocycles. The Labute approximate surface area is 123 Å². The number of hydrogen-bond donors (Lipinski definition) is 2. The van der Waals surface area contributed by atoms with Crippen LogP contribution in [0.5, 0.6) is 0 Å². The van der Waals surface area contributed by atoms with Crippen molar-refractivity contribution >= 4 is 33.2 Å². The first-order valence-electron chi connectivity index (χ1n) is 5.42. The third kappa shape index (κ3) is 3.43. The van der Waals surface area contributed by atoms with Gasteiger partial charge in [-0.2, -0.15) is 27.2 Å². The second-order valence-corrected chi connectivity index (χ2v) is 5.79. The molecular formula is C11H8ClF2N3O3S. The van der Waals surface area contributed by atoms with Crippen molar-refractivity contribution in [3.05, 3.63) is 40.8 Å². The minimum atomic E-state index is -4.34. The van der Waals surface area contributed by atoms with Gasteiger partial charge in [0.2, 0.25) is 5.95 Å². The normalized spacial score (nSPS) is 11.5. The van der Waals surface area contributed by atoms with Gasteiger partial charge in [-0.1, -0.05) is 11.6 Å². The second kappa shape index (κ2) is 5.51. The summed E-state index contributed by atoms with van der Waals surface area (Å²) in [5.74, 6) is -1.53. The number of nitrogens with one attached hydrogen (secondary N) is 1. The highest BCUT2D eigenvalue weighted by atomic mass is 35.5. The van der Waals surface area contributed by atoms with Gasteiger partial charge in [-0.3, -0.25) is 4.55 Å². The molecule has 112 valence electrons. The third-order valence-corrected chi connectivity index (χ3v) is 3.85. The molecule has 21 heavy (non-hydrogen) atoms.